The van der Waals surface area contributed by atoms with Crippen LogP contribution in [0.25, 0.3) is 0 Å². The van der Waals surface area contributed by atoms with E-state index in [4.69, 9.17) is 9.47 Å². The van der Waals surface area contributed by atoms with Crippen molar-refractivity contribution in [3.8, 4) is 5.75 Å². The molecule has 116 valence electrons. The van der Waals surface area contributed by atoms with Crippen LogP contribution in [-0.4, -0.2) is 25.4 Å². The van der Waals surface area contributed by atoms with E-state index in [2.05, 4.69) is 44.3 Å². The molecule has 2 aliphatic heterocycles. The molecule has 0 spiro atoms. The van der Waals surface area contributed by atoms with Gasteiger partial charge in [-0.25, -0.2) is 0 Å². The van der Waals surface area contributed by atoms with E-state index in [1.54, 1.807) is 0 Å². The molecule has 0 amide bonds. The Morgan fingerprint density at radius 1 is 1.33 bits per heavy atom. The molecule has 3 rings (SSSR count). The summed E-state index contributed by atoms with van der Waals surface area (Å²) in [6, 6.07) is 7.12. The highest BCUT2D eigenvalue weighted by molar-refractivity contribution is 5.41. The van der Waals surface area contributed by atoms with Crippen LogP contribution in [0, 0.1) is 5.92 Å². The summed E-state index contributed by atoms with van der Waals surface area (Å²) in [5, 5.41) is 3.69. The molecule has 3 nitrogen and oxygen atoms in total. The second-order valence-electron chi connectivity index (χ2n) is 6.31. The molecule has 1 N–H and O–H groups in total. The Morgan fingerprint density at radius 2 is 2.19 bits per heavy atom. The van der Waals surface area contributed by atoms with Crippen LogP contribution in [0.1, 0.15) is 50.8 Å². The van der Waals surface area contributed by atoms with Crippen molar-refractivity contribution in [1.29, 1.82) is 0 Å². The van der Waals surface area contributed by atoms with Gasteiger partial charge in [0.2, 0.25) is 0 Å². The Hall–Kier alpha value is -1.06. The molecule has 4 unspecified atom stereocenters. The first kappa shape index (κ1) is 14.9. The maximum atomic E-state index is 5.91. The molecule has 1 aromatic rings. The maximum Gasteiger partial charge on any atom is 0.123 e. The van der Waals surface area contributed by atoms with Crippen molar-refractivity contribution in [3.05, 3.63) is 29.3 Å². The predicted octanol–water partition coefficient (Wildman–Crippen LogP) is 3.48. The van der Waals surface area contributed by atoms with Crippen LogP contribution in [0.3, 0.4) is 0 Å². The van der Waals surface area contributed by atoms with Crippen molar-refractivity contribution >= 4 is 0 Å². The molecule has 1 saturated heterocycles. The highest BCUT2D eigenvalue weighted by Crippen LogP contribution is 2.37. The second-order valence-corrected chi connectivity index (χ2v) is 6.31. The Balaban J connectivity index is 1.86. The molecule has 4 atom stereocenters. The fraction of sp³-hybridized carbons (Fsp3) is 0.667. The van der Waals surface area contributed by atoms with Gasteiger partial charge in [0, 0.05) is 25.0 Å². The molecule has 1 aromatic carbocycles. The molecule has 2 heterocycles. The Labute approximate surface area is 128 Å². The van der Waals surface area contributed by atoms with E-state index in [1.807, 2.05) is 0 Å². The topological polar surface area (TPSA) is 30.5 Å². The first-order valence-electron chi connectivity index (χ1n) is 8.37. The van der Waals surface area contributed by atoms with Gasteiger partial charge in [-0.15, -0.1) is 0 Å². The fourth-order valence-electron chi connectivity index (χ4n) is 3.84. The molecule has 1 fully saturated rings. The van der Waals surface area contributed by atoms with Crippen LogP contribution in [-0.2, 0) is 11.2 Å². The van der Waals surface area contributed by atoms with Gasteiger partial charge in [-0.05, 0) is 43.5 Å². The average Bonchev–Trinajstić information content (AvgIpc) is 3.08. The lowest BCUT2D eigenvalue weighted by molar-refractivity contribution is 0.0776. The lowest BCUT2D eigenvalue weighted by Gasteiger charge is -2.28. The summed E-state index contributed by atoms with van der Waals surface area (Å²) in [6.07, 6.45) is 3.97. The highest BCUT2D eigenvalue weighted by Gasteiger charge is 2.34. The number of hydrogen-bond donors (Lipinski definition) is 1. The Bertz CT molecular complexity index is 488. The van der Waals surface area contributed by atoms with Crippen molar-refractivity contribution in [2.24, 2.45) is 5.92 Å². The van der Waals surface area contributed by atoms with E-state index in [1.165, 1.54) is 11.1 Å². The largest absolute Gasteiger partial charge is 0.490 e. The van der Waals surface area contributed by atoms with Crippen LogP contribution in [0.15, 0.2) is 18.2 Å². The van der Waals surface area contributed by atoms with Gasteiger partial charge in [-0.3, -0.25) is 0 Å². The number of ether oxygens (including phenoxy) is 2. The minimum absolute atomic E-state index is 0.311. The average molecular weight is 289 g/mol. The van der Waals surface area contributed by atoms with Crippen molar-refractivity contribution in [1.82, 2.24) is 5.32 Å². The summed E-state index contributed by atoms with van der Waals surface area (Å²) >= 11 is 0. The summed E-state index contributed by atoms with van der Waals surface area (Å²) < 4.78 is 11.7. The summed E-state index contributed by atoms with van der Waals surface area (Å²) in [7, 11) is 0. The van der Waals surface area contributed by atoms with E-state index in [-0.39, 0.29) is 0 Å². The van der Waals surface area contributed by atoms with Gasteiger partial charge in [0.25, 0.3) is 0 Å². The molecule has 3 heteroatoms. The van der Waals surface area contributed by atoms with Gasteiger partial charge < -0.3 is 14.8 Å². The number of benzene rings is 1. The van der Waals surface area contributed by atoms with Crippen molar-refractivity contribution < 1.29 is 9.47 Å². The van der Waals surface area contributed by atoms with E-state index >= 15 is 0 Å². The number of hydrogen-bond acceptors (Lipinski definition) is 3. The predicted molar refractivity (Wildman–Crippen MR) is 84.8 cm³/mol. The van der Waals surface area contributed by atoms with E-state index in [9.17, 15) is 0 Å². The van der Waals surface area contributed by atoms with Crippen LogP contribution in [0.2, 0.25) is 0 Å². The standard InChI is InChI=1S/C18H27NO2/c1-4-16-15(8-9-20-16)18(19-5-2)13-6-7-17-14(11-13)10-12(3)21-17/h6-7,11-12,15-16,18-19H,4-5,8-10H2,1-3H3. The van der Waals surface area contributed by atoms with Crippen LogP contribution < -0.4 is 10.1 Å². The third kappa shape index (κ3) is 2.95. The third-order valence-corrected chi connectivity index (χ3v) is 4.79. The van der Waals surface area contributed by atoms with Gasteiger partial charge in [0.15, 0.2) is 0 Å². The summed E-state index contributed by atoms with van der Waals surface area (Å²) in [4.78, 5) is 0. The van der Waals surface area contributed by atoms with Gasteiger partial charge in [-0.1, -0.05) is 26.0 Å². The number of nitrogens with one attached hydrogen (secondary N) is 1. The lowest BCUT2D eigenvalue weighted by atomic mass is 9.86. The monoisotopic (exact) mass is 289 g/mol. The molecule has 0 saturated carbocycles. The van der Waals surface area contributed by atoms with Crippen LogP contribution in [0.5, 0.6) is 5.75 Å². The quantitative estimate of drug-likeness (QED) is 0.900. The van der Waals surface area contributed by atoms with Gasteiger partial charge in [0.05, 0.1) is 6.10 Å². The molecule has 0 aromatic heterocycles. The van der Waals surface area contributed by atoms with Crippen molar-refractivity contribution in [2.45, 2.75) is 58.3 Å². The molecular formula is C18H27NO2. The zero-order valence-electron chi connectivity index (χ0n) is 13.4. The smallest absolute Gasteiger partial charge is 0.123 e. The van der Waals surface area contributed by atoms with Crippen LogP contribution >= 0.6 is 0 Å². The zero-order valence-corrected chi connectivity index (χ0v) is 13.4. The normalized spacial score (nSPS) is 29.2. The van der Waals surface area contributed by atoms with Crippen molar-refractivity contribution in [2.75, 3.05) is 13.2 Å². The molecule has 0 aliphatic carbocycles. The van der Waals surface area contributed by atoms with E-state index < -0.39 is 0 Å². The number of rotatable bonds is 5. The van der Waals surface area contributed by atoms with Gasteiger partial charge in [0.1, 0.15) is 11.9 Å². The Kier molecular flexibility index (Phi) is 4.51. The first-order valence-corrected chi connectivity index (χ1v) is 8.37. The summed E-state index contributed by atoms with van der Waals surface area (Å²) in [6.45, 7) is 8.43. The SMILES string of the molecule is CCNC(c1ccc2c(c1)CC(C)O2)C1CCOC1CC. The van der Waals surface area contributed by atoms with E-state index in [0.29, 0.717) is 24.2 Å². The molecule has 0 radical (unpaired) electrons. The molecule has 21 heavy (non-hydrogen) atoms. The molecular weight excluding hydrogens is 262 g/mol. The minimum Gasteiger partial charge on any atom is -0.490 e. The van der Waals surface area contributed by atoms with E-state index in [0.717, 1.165) is 38.2 Å². The third-order valence-electron chi connectivity index (χ3n) is 4.79. The summed E-state index contributed by atoms with van der Waals surface area (Å²) in [5.74, 6) is 1.64. The maximum absolute atomic E-state index is 5.91. The second kappa shape index (κ2) is 6.37. The zero-order chi connectivity index (χ0) is 14.8. The highest BCUT2D eigenvalue weighted by atomic mass is 16.5. The van der Waals surface area contributed by atoms with Gasteiger partial charge in [-0.2, -0.15) is 0 Å². The van der Waals surface area contributed by atoms with Gasteiger partial charge >= 0.3 is 0 Å². The Morgan fingerprint density at radius 3 is 2.95 bits per heavy atom. The molecule has 0 bridgehead atoms. The van der Waals surface area contributed by atoms with Crippen molar-refractivity contribution in [3.63, 3.8) is 0 Å². The fourth-order valence-corrected chi connectivity index (χ4v) is 3.84. The minimum atomic E-state index is 0.311. The number of fused-ring (bicyclic) bond motifs is 1. The first-order chi connectivity index (χ1) is 10.2. The lowest BCUT2D eigenvalue weighted by Crippen LogP contribution is -2.32. The molecule has 2 aliphatic rings. The van der Waals surface area contributed by atoms with Crippen LogP contribution in [0.4, 0.5) is 0 Å². The summed E-state index contributed by atoms with van der Waals surface area (Å²) in [5.41, 5.74) is 2.75.